The summed E-state index contributed by atoms with van der Waals surface area (Å²) in [6, 6.07) is 5.36. The Kier molecular flexibility index (Phi) is 4.13. The normalized spacial score (nSPS) is 19.4. The van der Waals surface area contributed by atoms with Crippen LogP contribution in [0.25, 0.3) is 5.57 Å². The Hall–Kier alpha value is -1.51. The van der Waals surface area contributed by atoms with Crippen molar-refractivity contribution in [3.05, 3.63) is 53.6 Å². The van der Waals surface area contributed by atoms with E-state index in [0.29, 0.717) is 5.92 Å². The fraction of sp³-hybridized carbons (Fsp3) is 0.375. The summed E-state index contributed by atoms with van der Waals surface area (Å²) in [5, 5.41) is 0. The van der Waals surface area contributed by atoms with Gasteiger partial charge in [-0.3, -0.25) is 0 Å². The van der Waals surface area contributed by atoms with E-state index in [9.17, 15) is 13.2 Å². The van der Waals surface area contributed by atoms with Gasteiger partial charge in [0.25, 0.3) is 0 Å². The van der Waals surface area contributed by atoms with Crippen molar-refractivity contribution in [2.24, 2.45) is 5.92 Å². The quantitative estimate of drug-likeness (QED) is 0.681. The number of rotatable bonds is 3. The number of alkyl halides is 3. The average molecular weight is 266 g/mol. The van der Waals surface area contributed by atoms with Gasteiger partial charge in [-0.1, -0.05) is 43.7 Å². The van der Waals surface area contributed by atoms with Crippen LogP contribution in [0.2, 0.25) is 0 Å². The van der Waals surface area contributed by atoms with Gasteiger partial charge in [0.1, 0.15) is 0 Å². The molecule has 0 saturated heterocycles. The highest BCUT2D eigenvalue weighted by Crippen LogP contribution is 2.31. The maximum Gasteiger partial charge on any atom is 0.416 e. The van der Waals surface area contributed by atoms with Crippen LogP contribution in [0.1, 0.15) is 37.3 Å². The van der Waals surface area contributed by atoms with E-state index in [1.54, 1.807) is 12.1 Å². The van der Waals surface area contributed by atoms with Crippen LogP contribution < -0.4 is 0 Å². The zero-order valence-corrected chi connectivity index (χ0v) is 10.9. The molecule has 1 aromatic carbocycles. The van der Waals surface area contributed by atoms with Crippen molar-refractivity contribution in [2.45, 2.75) is 32.4 Å². The highest BCUT2D eigenvalue weighted by atomic mass is 19.4. The Balaban J connectivity index is 2.10. The number of benzene rings is 1. The van der Waals surface area contributed by atoms with Crippen LogP contribution in [0.5, 0.6) is 0 Å². The molecular formula is C16H17F3. The largest absolute Gasteiger partial charge is 0.416 e. The third-order valence-corrected chi connectivity index (χ3v) is 3.39. The highest BCUT2D eigenvalue weighted by molar-refractivity contribution is 5.75. The van der Waals surface area contributed by atoms with Gasteiger partial charge in [0, 0.05) is 0 Å². The standard InChI is InChI=1S/C16H17F3/c1-2-3-12-4-6-13(7-5-12)14-8-10-15(11-9-14)16(17,18)19/h4,6-12H,2-3,5H2,1H3. The fourth-order valence-electron chi connectivity index (χ4n) is 2.32. The topological polar surface area (TPSA) is 0 Å². The Morgan fingerprint density at radius 3 is 2.32 bits per heavy atom. The Morgan fingerprint density at radius 1 is 1.16 bits per heavy atom. The van der Waals surface area contributed by atoms with E-state index in [-0.39, 0.29) is 0 Å². The lowest BCUT2D eigenvalue weighted by molar-refractivity contribution is -0.137. The highest BCUT2D eigenvalue weighted by Gasteiger charge is 2.30. The third kappa shape index (κ3) is 3.49. The molecule has 0 nitrogen and oxygen atoms in total. The summed E-state index contributed by atoms with van der Waals surface area (Å²) in [6.45, 7) is 2.16. The molecule has 1 aromatic rings. The maximum atomic E-state index is 12.5. The molecule has 1 aliphatic carbocycles. The predicted molar refractivity (Wildman–Crippen MR) is 71.6 cm³/mol. The van der Waals surface area contributed by atoms with Gasteiger partial charge in [-0.05, 0) is 42.0 Å². The average Bonchev–Trinajstić information content (AvgIpc) is 2.39. The van der Waals surface area contributed by atoms with Gasteiger partial charge in [-0.15, -0.1) is 0 Å². The molecule has 0 amide bonds. The van der Waals surface area contributed by atoms with Crippen molar-refractivity contribution in [2.75, 3.05) is 0 Å². The van der Waals surface area contributed by atoms with E-state index >= 15 is 0 Å². The molecule has 0 radical (unpaired) electrons. The molecule has 0 spiro atoms. The zero-order valence-electron chi connectivity index (χ0n) is 10.9. The molecule has 0 bridgehead atoms. The summed E-state index contributed by atoms with van der Waals surface area (Å²) in [5.74, 6) is 0.572. The van der Waals surface area contributed by atoms with Gasteiger partial charge in [0.2, 0.25) is 0 Å². The van der Waals surface area contributed by atoms with E-state index in [1.165, 1.54) is 0 Å². The van der Waals surface area contributed by atoms with Crippen molar-refractivity contribution in [3.63, 3.8) is 0 Å². The van der Waals surface area contributed by atoms with Crippen LogP contribution in [-0.2, 0) is 6.18 Å². The van der Waals surface area contributed by atoms with Crippen molar-refractivity contribution in [3.8, 4) is 0 Å². The molecule has 1 unspecified atom stereocenters. The second kappa shape index (κ2) is 5.64. The second-order valence-corrected chi connectivity index (χ2v) is 4.88. The van der Waals surface area contributed by atoms with Gasteiger partial charge in [-0.25, -0.2) is 0 Å². The van der Waals surface area contributed by atoms with E-state index in [2.05, 4.69) is 19.1 Å². The summed E-state index contributed by atoms with van der Waals surface area (Å²) < 4.78 is 37.4. The van der Waals surface area contributed by atoms with Gasteiger partial charge < -0.3 is 0 Å². The van der Waals surface area contributed by atoms with Crippen LogP contribution in [0.3, 0.4) is 0 Å². The van der Waals surface area contributed by atoms with Crippen LogP contribution in [0.15, 0.2) is 42.5 Å². The van der Waals surface area contributed by atoms with Crippen LogP contribution in [-0.4, -0.2) is 0 Å². The van der Waals surface area contributed by atoms with E-state index in [1.807, 2.05) is 6.08 Å². The molecule has 1 aliphatic rings. The van der Waals surface area contributed by atoms with Crippen LogP contribution in [0.4, 0.5) is 13.2 Å². The summed E-state index contributed by atoms with van der Waals surface area (Å²) in [4.78, 5) is 0. The molecular weight excluding hydrogens is 249 g/mol. The molecule has 1 atom stereocenters. The van der Waals surface area contributed by atoms with Gasteiger partial charge in [0.05, 0.1) is 5.56 Å². The Bertz CT molecular complexity index is 478. The van der Waals surface area contributed by atoms with Crippen LogP contribution in [0, 0.1) is 5.92 Å². The minimum absolute atomic E-state index is 0.572. The lowest BCUT2D eigenvalue weighted by Crippen LogP contribution is -2.04. The van der Waals surface area contributed by atoms with Crippen LogP contribution >= 0.6 is 0 Å². The summed E-state index contributed by atoms with van der Waals surface area (Å²) in [7, 11) is 0. The molecule has 19 heavy (non-hydrogen) atoms. The van der Waals surface area contributed by atoms with E-state index in [4.69, 9.17) is 0 Å². The first-order chi connectivity index (χ1) is 9.00. The van der Waals surface area contributed by atoms with Gasteiger partial charge >= 0.3 is 6.18 Å². The van der Waals surface area contributed by atoms with E-state index < -0.39 is 11.7 Å². The third-order valence-electron chi connectivity index (χ3n) is 3.39. The zero-order chi connectivity index (χ0) is 13.9. The lowest BCUT2D eigenvalue weighted by atomic mass is 9.90. The summed E-state index contributed by atoms with van der Waals surface area (Å²) in [6.07, 6.45) is 5.32. The van der Waals surface area contributed by atoms with Crippen molar-refractivity contribution < 1.29 is 13.2 Å². The first-order valence-electron chi connectivity index (χ1n) is 6.56. The summed E-state index contributed by atoms with van der Waals surface area (Å²) in [5.41, 5.74) is 1.26. The number of halogens is 3. The SMILES string of the molecule is CCCC1C=CC(c2ccc(C(F)(F)F)cc2)=CC1. The second-order valence-electron chi connectivity index (χ2n) is 4.88. The first kappa shape index (κ1) is 13.9. The van der Waals surface area contributed by atoms with Crippen molar-refractivity contribution in [1.82, 2.24) is 0 Å². The number of hydrogen-bond donors (Lipinski definition) is 0. The molecule has 0 fully saturated rings. The van der Waals surface area contributed by atoms with Gasteiger partial charge in [-0.2, -0.15) is 13.2 Å². The molecule has 2 rings (SSSR count). The molecule has 0 N–H and O–H groups in total. The predicted octanol–water partition coefficient (Wildman–Crippen LogP) is 5.47. The molecule has 0 heterocycles. The maximum absolute atomic E-state index is 12.5. The molecule has 3 heteroatoms. The lowest BCUT2D eigenvalue weighted by Gasteiger charge is -2.16. The molecule has 0 aromatic heterocycles. The minimum atomic E-state index is -4.26. The molecule has 0 saturated carbocycles. The van der Waals surface area contributed by atoms with E-state index in [0.717, 1.165) is 42.5 Å². The number of hydrogen-bond acceptors (Lipinski definition) is 0. The van der Waals surface area contributed by atoms with Gasteiger partial charge in [0.15, 0.2) is 0 Å². The molecule has 102 valence electrons. The monoisotopic (exact) mass is 266 g/mol. The molecule has 0 aliphatic heterocycles. The summed E-state index contributed by atoms with van der Waals surface area (Å²) >= 11 is 0. The minimum Gasteiger partial charge on any atom is -0.166 e. The first-order valence-corrected chi connectivity index (χ1v) is 6.56. The van der Waals surface area contributed by atoms with Crippen molar-refractivity contribution >= 4 is 5.57 Å². The Labute approximate surface area is 111 Å². The smallest absolute Gasteiger partial charge is 0.166 e. The Morgan fingerprint density at radius 2 is 1.84 bits per heavy atom. The van der Waals surface area contributed by atoms with Crippen molar-refractivity contribution in [1.29, 1.82) is 0 Å². The fourth-order valence-corrected chi connectivity index (χ4v) is 2.32. The number of allylic oxidation sites excluding steroid dienone is 4.